The molecule has 1 aromatic heterocycles. The van der Waals surface area contributed by atoms with Crippen LogP contribution in [0.5, 0.6) is 0 Å². The largest absolute Gasteiger partial charge is 0.512 e. The number of rotatable bonds is 11. The van der Waals surface area contributed by atoms with Crippen molar-refractivity contribution in [2.45, 2.75) is 111 Å². The Hall–Kier alpha value is -4.29. The molecule has 13 nitrogen and oxygen atoms in total. The maximum Gasteiger partial charge on any atom is 0.300 e. The molecule has 1 saturated heterocycles. The van der Waals surface area contributed by atoms with Crippen LogP contribution in [0.15, 0.2) is 40.2 Å². The smallest absolute Gasteiger partial charge is 0.300 e. The molecule has 54 heavy (non-hydrogen) atoms. The van der Waals surface area contributed by atoms with Crippen molar-refractivity contribution in [1.82, 2.24) is 20.5 Å². The molecule has 5 aliphatic rings. The molecule has 4 fully saturated rings. The number of aliphatic hydroxyl groups excluding tert-OH is 1. The zero-order chi connectivity index (χ0) is 38.4. The third-order valence-electron chi connectivity index (χ3n) is 14.6. The molecule has 2 N–H and O–H groups in total. The summed E-state index contributed by atoms with van der Waals surface area (Å²) in [6.07, 6.45) is 14.5. The number of allylic oxidation sites excluding steroid dienone is 3. The Bertz CT molecular complexity index is 1850. The first-order valence-electron chi connectivity index (χ1n) is 20.1. The third-order valence-corrected chi connectivity index (χ3v) is 14.6. The van der Waals surface area contributed by atoms with E-state index in [1.165, 1.54) is 50.3 Å². The van der Waals surface area contributed by atoms with Gasteiger partial charge in [0.05, 0.1) is 16.4 Å². The summed E-state index contributed by atoms with van der Waals surface area (Å²) < 4.78 is 4.84. The van der Waals surface area contributed by atoms with Crippen molar-refractivity contribution in [3.05, 3.63) is 45.7 Å². The molecule has 0 bridgehead atoms. The zero-order valence-corrected chi connectivity index (χ0v) is 32.2. The molecule has 0 radical (unpaired) electrons. The Morgan fingerprint density at radius 2 is 1.80 bits per heavy atom. The topological polar surface area (TPSA) is 172 Å². The van der Waals surface area contributed by atoms with E-state index in [9.17, 15) is 29.6 Å². The number of anilines is 1. The van der Waals surface area contributed by atoms with Crippen molar-refractivity contribution >= 4 is 40.0 Å². The lowest BCUT2D eigenvalue weighted by molar-refractivity contribution is -0.383. The second-order valence-corrected chi connectivity index (χ2v) is 17.4. The van der Waals surface area contributed by atoms with Gasteiger partial charge in [-0.2, -0.15) is 0 Å². The summed E-state index contributed by atoms with van der Waals surface area (Å²) in [5.74, 6) is 2.99. The number of fused-ring (bicyclic) bond motifs is 6. The lowest BCUT2D eigenvalue weighted by atomic mass is 9.47. The second kappa shape index (κ2) is 15.1. The highest BCUT2D eigenvalue weighted by Crippen LogP contribution is 2.67. The SMILES string of the molecule is CC(=O)C=C(O)CCC(=O)NC1CCC2(C)C(=CCC3C2CCC2(C)C(C(C)CCC(=O)N4CCN(c5ccc([N+](=O)[O-])c6nonc56)CC4)CCC32)C1. The minimum absolute atomic E-state index is 0.0428. The summed E-state index contributed by atoms with van der Waals surface area (Å²) in [6.45, 7) is 11.2. The van der Waals surface area contributed by atoms with Crippen LogP contribution in [0.3, 0.4) is 0 Å². The number of aliphatic hydroxyl groups is 1. The molecule has 1 aliphatic heterocycles. The van der Waals surface area contributed by atoms with Gasteiger partial charge < -0.3 is 20.2 Å². The Kier molecular flexibility index (Phi) is 10.6. The van der Waals surface area contributed by atoms with Crippen molar-refractivity contribution in [3.8, 4) is 0 Å². The third kappa shape index (κ3) is 7.14. The monoisotopic (exact) mass is 744 g/mol. The number of nitrogens with zero attached hydrogens (tertiary/aromatic N) is 5. The number of ketones is 1. The first-order valence-corrected chi connectivity index (χ1v) is 20.1. The van der Waals surface area contributed by atoms with Crippen LogP contribution in [-0.2, 0) is 14.4 Å². The predicted molar refractivity (Wildman–Crippen MR) is 203 cm³/mol. The van der Waals surface area contributed by atoms with E-state index in [4.69, 9.17) is 4.63 Å². The number of amides is 2. The predicted octanol–water partition coefficient (Wildman–Crippen LogP) is 7.07. The van der Waals surface area contributed by atoms with Gasteiger partial charge in [-0.05, 0) is 122 Å². The van der Waals surface area contributed by atoms with Crippen LogP contribution in [0.1, 0.15) is 105 Å². The molecule has 3 saturated carbocycles. The Morgan fingerprint density at radius 1 is 1.04 bits per heavy atom. The maximum atomic E-state index is 13.5. The van der Waals surface area contributed by atoms with E-state index in [0.717, 1.165) is 37.8 Å². The molecule has 0 spiro atoms. The van der Waals surface area contributed by atoms with Crippen LogP contribution in [0.4, 0.5) is 11.4 Å². The van der Waals surface area contributed by atoms with Gasteiger partial charge in [-0.3, -0.25) is 24.5 Å². The van der Waals surface area contributed by atoms with E-state index >= 15 is 0 Å². The van der Waals surface area contributed by atoms with Crippen molar-refractivity contribution in [2.24, 2.45) is 40.4 Å². The molecule has 13 heteroatoms. The summed E-state index contributed by atoms with van der Waals surface area (Å²) in [6, 6.07) is 3.25. The first-order chi connectivity index (χ1) is 25.8. The Morgan fingerprint density at radius 3 is 2.54 bits per heavy atom. The van der Waals surface area contributed by atoms with Crippen LogP contribution < -0.4 is 10.2 Å². The van der Waals surface area contributed by atoms with Gasteiger partial charge in [0.25, 0.3) is 0 Å². The molecule has 1 aromatic carbocycles. The summed E-state index contributed by atoms with van der Waals surface area (Å²) in [5, 5.41) is 32.2. The molecule has 2 amide bonds. The van der Waals surface area contributed by atoms with E-state index in [1.54, 1.807) is 6.07 Å². The average Bonchev–Trinajstić information content (AvgIpc) is 3.77. The van der Waals surface area contributed by atoms with Crippen LogP contribution in [-0.4, -0.2) is 75.1 Å². The van der Waals surface area contributed by atoms with Crippen LogP contribution in [0, 0.1) is 50.5 Å². The van der Waals surface area contributed by atoms with Crippen LogP contribution in [0.25, 0.3) is 11.0 Å². The summed E-state index contributed by atoms with van der Waals surface area (Å²) in [5.41, 5.74) is 3.09. The fraction of sp³-hybridized carbons (Fsp3) is 0.683. The molecule has 8 atom stereocenters. The summed E-state index contributed by atoms with van der Waals surface area (Å²) in [7, 11) is 0. The first kappa shape index (κ1) is 38.0. The van der Waals surface area contributed by atoms with Crippen molar-refractivity contribution in [3.63, 3.8) is 0 Å². The lowest BCUT2D eigenvalue weighted by Gasteiger charge is -2.58. The van der Waals surface area contributed by atoms with E-state index in [1.807, 2.05) is 4.90 Å². The molecule has 292 valence electrons. The number of hydrogen-bond donors (Lipinski definition) is 2. The minimum atomic E-state index is -0.484. The quantitative estimate of drug-likeness (QED) is 0.0797. The minimum Gasteiger partial charge on any atom is -0.512 e. The number of benzene rings is 1. The van der Waals surface area contributed by atoms with Gasteiger partial charge in [-0.1, -0.05) is 32.4 Å². The van der Waals surface area contributed by atoms with Gasteiger partial charge in [0.1, 0.15) is 0 Å². The van der Waals surface area contributed by atoms with Gasteiger partial charge in [0.15, 0.2) is 11.3 Å². The maximum absolute atomic E-state index is 13.5. The highest BCUT2D eigenvalue weighted by molar-refractivity contribution is 5.94. The number of aromatic nitrogens is 2. The van der Waals surface area contributed by atoms with Crippen LogP contribution >= 0.6 is 0 Å². The van der Waals surface area contributed by atoms with Gasteiger partial charge in [0, 0.05) is 63.6 Å². The fourth-order valence-corrected chi connectivity index (χ4v) is 11.8. The van der Waals surface area contributed by atoms with Crippen molar-refractivity contribution in [2.75, 3.05) is 31.1 Å². The van der Waals surface area contributed by atoms with Crippen LogP contribution in [0.2, 0.25) is 0 Å². The van der Waals surface area contributed by atoms with E-state index < -0.39 is 4.92 Å². The van der Waals surface area contributed by atoms with E-state index in [2.05, 4.69) is 47.4 Å². The van der Waals surface area contributed by atoms with Gasteiger partial charge >= 0.3 is 5.69 Å². The van der Waals surface area contributed by atoms with E-state index in [0.29, 0.717) is 67.7 Å². The molecule has 8 unspecified atom stereocenters. The standard InChI is InChI=1S/C41H56N6O7/c1-25(5-14-37(51)46-21-19-45(20-22-46)34-11-12-35(47(52)53)39-38(34)43-54-44-39)31-9-10-32-30-8-6-27-24-28(42-36(50)13-7-29(49)23-26(2)48)15-17-40(27,3)33(30)16-18-41(31,32)4/h6,11-12,23,25,28,30-33,49H,5,7-10,13-22,24H2,1-4H3,(H,42,50). The summed E-state index contributed by atoms with van der Waals surface area (Å²) >= 11 is 0. The second-order valence-electron chi connectivity index (χ2n) is 17.4. The molecule has 2 aromatic rings. The van der Waals surface area contributed by atoms with Crippen molar-refractivity contribution < 1.29 is 29.0 Å². The number of carbonyl (C=O) groups is 3. The molecule has 2 heterocycles. The highest BCUT2D eigenvalue weighted by Gasteiger charge is 2.59. The average molecular weight is 745 g/mol. The Labute approximate surface area is 317 Å². The van der Waals surface area contributed by atoms with E-state index in [-0.39, 0.29) is 64.3 Å². The zero-order valence-electron chi connectivity index (χ0n) is 32.2. The number of piperazine rings is 1. The number of non-ortho nitro benzene ring substituents is 1. The molecular weight excluding hydrogens is 688 g/mol. The number of nitrogens with one attached hydrogen (secondary N) is 1. The van der Waals surface area contributed by atoms with Crippen molar-refractivity contribution in [1.29, 1.82) is 0 Å². The molecule has 4 aliphatic carbocycles. The van der Waals surface area contributed by atoms with Gasteiger partial charge in [-0.25, -0.2) is 4.63 Å². The summed E-state index contributed by atoms with van der Waals surface area (Å²) in [4.78, 5) is 52.4. The van der Waals surface area contributed by atoms with Gasteiger partial charge in [-0.15, -0.1) is 0 Å². The number of carbonyl (C=O) groups excluding carboxylic acids is 3. The number of hydrogen-bond acceptors (Lipinski definition) is 10. The lowest BCUT2D eigenvalue weighted by Crippen LogP contribution is -2.52. The molecular formula is C41H56N6O7. The fourth-order valence-electron chi connectivity index (χ4n) is 11.8. The number of nitro benzene ring substituents is 1. The number of nitro groups is 1. The Balaban J connectivity index is 0.906. The normalized spacial score (nSPS) is 31.6. The van der Waals surface area contributed by atoms with Gasteiger partial charge in [0.2, 0.25) is 17.3 Å². The molecule has 7 rings (SSSR count). The highest BCUT2D eigenvalue weighted by atomic mass is 16.6.